The largest absolute Gasteiger partial charge is 0.483 e. The second-order valence-corrected chi connectivity index (χ2v) is 4.92. The van der Waals surface area contributed by atoms with Crippen LogP contribution in [0, 0.1) is 5.82 Å². The summed E-state index contributed by atoms with van der Waals surface area (Å²) in [6.07, 6.45) is -1.90. The zero-order valence-electron chi connectivity index (χ0n) is 12.0. The maximum absolute atomic E-state index is 13.9. The van der Waals surface area contributed by atoms with Gasteiger partial charge in [0.25, 0.3) is 5.92 Å². The number of alkyl halides is 3. The lowest BCUT2D eigenvalue weighted by atomic mass is 10.0. The molecule has 0 heterocycles. The van der Waals surface area contributed by atoms with Crippen molar-refractivity contribution in [1.82, 2.24) is 0 Å². The molecule has 0 aliphatic heterocycles. The molecule has 0 amide bonds. The highest BCUT2D eigenvalue weighted by molar-refractivity contribution is 6.30. The molecule has 0 fully saturated rings. The normalized spacial score (nSPS) is 12.9. The standard InChI is InChI=1S/C14H15ClF4O3/c1-3-14(18,19)10-4-11(15)12(17)5-13(10)22-9(6-16)7-21-8(2)20/h4-5,9H,3,6-7H2,1-2H3. The first kappa shape index (κ1) is 18.5. The minimum Gasteiger partial charge on any atom is -0.483 e. The second-order valence-electron chi connectivity index (χ2n) is 4.52. The van der Waals surface area contributed by atoms with E-state index in [2.05, 4.69) is 4.74 Å². The molecule has 0 saturated heterocycles. The highest BCUT2D eigenvalue weighted by atomic mass is 35.5. The summed E-state index contributed by atoms with van der Waals surface area (Å²) in [7, 11) is 0. The summed E-state index contributed by atoms with van der Waals surface area (Å²) in [5, 5.41) is -0.493. The molecule has 1 atom stereocenters. The zero-order chi connectivity index (χ0) is 16.9. The summed E-state index contributed by atoms with van der Waals surface area (Å²) in [5.74, 6) is -5.51. The molecule has 0 aliphatic rings. The summed E-state index contributed by atoms with van der Waals surface area (Å²) >= 11 is 5.51. The van der Waals surface area contributed by atoms with Crippen LogP contribution in [-0.2, 0) is 15.5 Å². The number of halogens is 5. The Morgan fingerprint density at radius 3 is 2.55 bits per heavy atom. The van der Waals surface area contributed by atoms with Crippen molar-refractivity contribution in [3.05, 3.63) is 28.5 Å². The first-order chi connectivity index (χ1) is 10.2. The molecule has 3 nitrogen and oxygen atoms in total. The summed E-state index contributed by atoms with van der Waals surface area (Å²) < 4.78 is 63.7. The van der Waals surface area contributed by atoms with Crippen molar-refractivity contribution in [2.45, 2.75) is 32.3 Å². The van der Waals surface area contributed by atoms with Gasteiger partial charge in [0.15, 0.2) is 6.10 Å². The lowest BCUT2D eigenvalue weighted by molar-refractivity contribution is -0.143. The third kappa shape index (κ3) is 4.76. The number of ether oxygens (including phenoxy) is 2. The van der Waals surface area contributed by atoms with Gasteiger partial charge in [-0.25, -0.2) is 17.6 Å². The minimum absolute atomic E-state index is 0.479. The van der Waals surface area contributed by atoms with Crippen molar-refractivity contribution < 1.29 is 31.8 Å². The molecule has 0 aliphatic carbocycles. The van der Waals surface area contributed by atoms with Crippen LogP contribution in [0.4, 0.5) is 17.6 Å². The fraction of sp³-hybridized carbons (Fsp3) is 0.500. The van der Waals surface area contributed by atoms with Gasteiger partial charge in [0, 0.05) is 19.4 Å². The van der Waals surface area contributed by atoms with Crippen molar-refractivity contribution in [3.8, 4) is 5.75 Å². The Morgan fingerprint density at radius 1 is 1.41 bits per heavy atom. The van der Waals surface area contributed by atoms with Gasteiger partial charge in [0.1, 0.15) is 24.8 Å². The highest BCUT2D eigenvalue weighted by Crippen LogP contribution is 2.40. The number of carbonyl (C=O) groups excluding carboxylic acids is 1. The Hall–Kier alpha value is -1.50. The number of hydrogen-bond acceptors (Lipinski definition) is 3. The van der Waals surface area contributed by atoms with E-state index in [0.717, 1.165) is 13.0 Å². The van der Waals surface area contributed by atoms with Crippen LogP contribution in [0.25, 0.3) is 0 Å². The van der Waals surface area contributed by atoms with E-state index in [1.165, 1.54) is 6.92 Å². The molecule has 8 heteroatoms. The highest BCUT2D eigenvalue weighted by Gasteiger charge is 2.34. The fourth-order valence-corrected chi connectivity index (χ4v) is 1.77. The molecule has 124 valence electrons. The van der Waals surface area contributed by atoms with Crippen molar-refractivity contribution >= 4 is 17.6 Å². The van der Waals surface area contributed by atoms with Crippen LogP contribution < -0.4 is 4.74 Å². The molecule has 0 spiro atoms. The van der Waals surface area contributed by atoms with E-state index in [4.69, 9.17) is 16.3 Å². The van der Waals surface area contributed by atoms with E-state index in [-0.39, 0.29) is 0 Å². The Morgan fingerprint density at radius 2 is 2.05 bits per heavy atom. The molecule has 0 N–H and O–H groups in total. The maximum atomic E-state index is 13.9. The van der Waals surface area contributed by atoms with Crippen LogP contribution in [0.3, 0.4) is 0 Å². The number of carbonyl (C=O) groups is 1. The summed E-state index contributed by atoms with van der Waals surface area (Å²) in [4.78, 5) is 10.7. The summed E-state index contributed by atoms with van der Waals surface area (Å²) in [6.45, 7) is 0.752. The average Bonchev–Trinajstić information content (AvgIpc) is 2.46. The lowest BCUT2D eigenvalue weighted by Gasteiger charge is -2.22. The van der Waals surface area contributed by atoms with Crippen molar-refractivity contribution in [2.75, 3.05) is 13.3 Å². The third-order valence-electron chi connectivity index (χ3n) is 2.80. The zero-order valence-corrected chi connectivity index (χ0v) is 12.7. The SMILES string of the molecule is CCC(F)(F)c1cc(Cl)c(F)cc1OC(CF)COC(C)=O. The van der Waals surface area contributed by atoms with Crippen LogP contribution >= 0.6 is 11.6 Å². The molecule has 1 aromatic carbocycles. The molecule has 0 radical (unpaired) electrons. The molecule has 0 bridgehead atoms. The van der Waals surface area contributed by atoms with Crippen LogP contribution in [0.2, 0.25) is 5.02 Å². The van der Waals surface area contributed by atoms with Gasteiger partial charge < -0.3 is 9.47 Å². The van der Waals surface area contributed by atoms with Crippen molar-refractivity contribution in [3.63, 3.8) is 0 Å². The fourth-order valence-electron chi connectivity index (χ4n) is 1.60. The van der Waals surface area contributed by atoms with E-state index in [1.54, 1.807) is 0 Å². The molecular weight excluding hydrogens is 328 g/mol. The van der Waals surface area contributed by atoms with E-state index >= 15 is 0 Å². The number of esters is 1. The number of hydrogen-bond donors (Lipinski definition) is 0. The minimum atomic E-state index is -3.32. The van der Waals surface area contributed by atoms with E-state index in [1.807, 2.05) is 0 Å². The van der Waals surface area contributed by atoms with Crippen LogP contribution in [-0.4, -0.2) is 25.4 Å². The van der Waals surface area contributed by atoms with Gasteiger partial charge in [-0.15, -0.1) is 0 Å². The Kier molecular flexibility index (Phi) is 6.47. The van der Waals surface area contributed by atoms with Gasteiger partial charge in [0.05, 0.1) is 10.6 Å². The van der Waals surface area contributed by atoms with Crippen molar-refractivity contribution in [2.24, 2.45) is 0 Å². The molecule has 22 heavy (non-hydrogen) atoms. The summed E-state index contributed by atoms with van der Waals surface area (Å²) in [5.41, 5.74) is -0.650. The maximum Gasteiger partial charge on any atom is 0.302 e. The molecule has 1 unspecified atom stereocenters. The smallest absolute Gasteiger partial charge is 0.302 e. The van der Waals surface area contributed by atoms with Gasteiger partial charge in [0.2, 0.25) is 0 Å². The number of benzene rings is 1. The van der Waals surface area contributed by atoms with E-state index in [9.17, 15) is 22.4 Å². The van der Waals surface area contributed by atoms with Crippen LogP contribution in [0.1, 0.15) is 25.8 Å². The predicted octanol–water partition coefficient (Wildman–Crippen LogP) is 4.26. The topological polar surface area (TPSA) is 35.5 Å². The Bertz CT molecular complexity index is 537. The van der Waals surface area contributed by atoms with Crippen molar-refractivity contribution in [1.29, 1.82) is 0 Å². The average molecular weight is 343 g/mol. The quantitative estimate of drug-likeness (QED) is 0.548. The molecule has 0 saturated carbocycles. The van der Waals surface area contributed by atoms with E-state index < -0.39 is 59.9 Å². The second kappa shape index (κ2) is 7.67. The van der Waals surface area contributed by atoms with Crippen LogP contribution in [0.15, 0.2) is 12.1 Å². The summed E-state index contributed by atoms with van der Waals surface area (Å²) in [6, 6.07) is 1.41. The van der Waals surface area contributed by atoms with Gasteiger partial charge in [-0.1, -0.05) is 18.5 Å². The third-order valence-corrected chi connectivity index (χ3v) is 3.09. The Balaban J connectivity index is 3.10. The first-order valence-corrected chi connectivity index (χ1v) is 6.82. The van der Waals surface area contributed by atoms with E-state index in [0.29, 0.717) is 6.07 Å². The first-order valence-electron chi connectivity index (χ1n) is 6.44. The molecular formula is C14H15ClF4O3. The molecule has 1 aromatic rings. The van der Waals surface area contributed by atoms with Gasteiger partial charge >= 0.3 is 5.97 Å². The molecule has 1 rings (SSSR count). The lowest BCUT2D eigenvalue weighted by Crippen LogP contribution is -2.28. The van der Waals surface area contributed by atoms with Gasteiger partial charge in [-0.2, -0.15) is 0 Å². The van der Waals surface area contributed by atoms with Crippen LogP contribution in [0.5, 0.6) is 5.75 Å². The predicted molar refractivity (Wildman–Crippen MR) is 72.6 cm³/mol. The molecule has 0 aromatic heterocycles. The van der Waals surface area contributed by atoms with Gasteiger partial charge in [-0.05, 0) is 6.07 Å². The monoisotopic (exact) mass is 342 g/mol. The van der Waals surface area contributed by atoms with Gasteiger partial charge in [-0.3, -0.25) is 4.79 Å². The Labute approximate surface area is 130 Å². The number of rotatable bonds is 7.